The van der Waals surface area contributed by atoms with Crippen molar-refractivity contribution in [2.45, 2.75) is 157 Å². The van der Waals surface area contributed by atoms with Crippen LogP contribution in [0.4, 0.5) is 0 Å². The molecule has 13 heteroatoms. The molecule has 0 fully saturated rings. The predicted molar refractivity (Wildman–Crippen MR) is 520 cm³/mol. The summed E-state index contributed by atoms with van der Waals surface area (Å²) in [5.41, 5.74) is 10.6. The summed E-state index contributed by atoms with van der Waals surface area (Å²) in [5.74, 6) is -15.7. The zero-order valence-corrected chi connectivity index (χ0v) is 80.6. The average molecular weight is 2420 g/mol. The monoisotopic (exact) mass is 2420 g/mol. The molecule has 9 nitrogen and oxygen atoms in total. The average Bonchev–Trinajstić information content (AvgIpc) is 1.53. The molecular weight excluding hydrogens is 2280 g/mol. The maximum atomic E-state index is 9.05. The Hall–Kier alpha value is -11.0. The molecule has 13 aromatic carbocycles. The van der Waals surface area contributed by atoms with E-state index in [2.05, 4.69) is 45.3 Å². The molecule has 0 saturated heterocycles. The van der Waals surface area contributed by atoms with Crippen LogP contribution >= 0.6 is 0 Å². The van der Waals surface area contributed by atoms with Gasteiger partial charge in [-0.1, -0.05) is 255 Å². The van der Waals surface area contributed by atoms with E-state index in [1.165, 1.54) is 96.3 Å². The molecule has 128 heavy (non-hydrogen) atoms. The topological polar surface area (TPSA) is 83.7 Å². The summed E-state index contributed by atoms with van der Waals surface area (Å²) < 4.78 is 273. The Balaban J connectivity index is 0.000000192. The van der Waals surface area contributed by atoms with Crippen molar-refractivity contribution in [3.8, 4) is 84.9 Å². The Kier molecular flexibility index (Phi) is 21.8. The molecule has 6 atom stereocenters. The van der Waals surface area contributed by atoms with Crippen LogP contribution in [0.2, 0.25) is 0 Å². The quantitative estimate of drug-likeness (QED) is 0.0670. The first-order chi connectivity index (χ1) is 72.7. The SMILES string of the molecule is [2H]C(C)(C)c1cccc(C([2H])(C([2H])([2H])[2H])C([2H])([2H])[2H])c1-c1cnc2c3[c-]cccc3c3ccccc3n12.[2H]C([2H])([2H])C([2H])(C)c1cc(-c2ccccc2)cc(C([2H])(C)C([2H])([2H])[2H])c1-n1ccnc1-c1[c-]cccc1.[2H]C([2H])([2H])C([2H])(C)c1cccc(C([2H])(C)C([2H])([2H])[2H])c1-n1c(-c2[c-]cccc2)nc2ccccc21.[2H]C([2H])([2H])C([2H])(C)c1cccc(C([2H])(C)C([2H])([2H])[2H])c1-n1c(-c2[c-]cccc2)nc2ccccc21.[Ir].[Ir].[Ir].[Ir].[c-]1ccccc1-c1ccccn1. The Bertz CT molecular complexity index is 7910. The van der Waals surface area contributed by atoms with E-state index in [4.69, 9.17) is 53.8 Å². The fourth-order valence-corrected chi connectivity index (χ4v) is 15.4. The Labute approximate surface area is 856 Å². The minimum absolute atomic E-state index is 0. The number of hydrogen-bond donors (Lipinski definition) is 0. The van der Waals surface area contributed by atoms with Crippen LogP contribution in [0.1, 0.15) is 246 Å². The number of pyridine rings is 2. The van der Waals surface area contributed by atoms with Crippen molar-refractivity contribution in [3.05, 3.63) is 403 Å². The molecule has 0 saturated carbocycles. The Morgan fingerprint density at radius 1 is 0.312 bits per heavy atom. The summed E-state index contributed by atoms with van der Waals surface area (Å²) in [4.78, 5) is 22.8. The zero-order chi connectivity index (χ0) is 114. The van der Waals surface area contributed by atoms with Crippen molar-refractivity contribution in [1.29, 1.82) is 0 Å². The number of hydrogen-bond acceptors (Lipinski definition) is 5. The van der Waals surface area contributed by atoms with Gasteiger partial charge in [0.05, 0.1) is 50.9 Å². The summed E-state index contributed by atoms with van der Waals surface area (Å²) in [6.45, 7) is -11.8. The molecule has 0 spiro atoms. The fraction of sp³-hybridized carbons (Fsp3) is 0.209. The van der Waals surface area contributed by atoms with E-state index in [9.17, 15) is 0 Å². The summed E-state index contributed by atoms with van der Waals surface area (Å²) in [6.07, 6.45) is 6.46. The van der Waals surface area contributed by atoms with E-state index in [1.54, 1.807) is 167 Å². The van der Waals surface area contributed by atoms with Gasteiger partial charge in [-0.2, -0.15) is 0 Å². The Morgan fingerprint density at radius 3 is 1.20 bits per heavy atom. The number of aromatic nitrogens is 9. The van der Waals surface area contributed by atoms with E-state index in [1.807, 2.05) is 138 Å². The van der Waals surface area contributed by atoms with E-state index in [0.717, 1.165) is 32.9 Å². The fourth-order valence-electron chi connectivity index (χ4n) is 15.4. The smallest absolute Gasteiger partial charge is 0.0774 e. The predicted octanol–water partition coefficient (Wildman–Crippen LogP) is 30.6. The normalized spacial score (nSPS) is 18.5. The van der Waals surface area contributed by atoms with Crippen molar-refractivity contribution in [3.63, 3.8) is 0 Å². The second-order valence-electron chi connectivity index (χ2n) is 29.8. The molecule has 6 heterocycles. The van der Waals surface area contributed by atoms with Gasteiger partial charge < -0.3 is 23.1 Å². The first-order valence-electron chi connectivity index (χ1n) is 56.3. The van der Waals surface area contributed by atoms with Crippen LogP contribution in [0.5, 0.6) is 0 Å². The molecule has 0 amide bonds. The zero-order valence-electron chi connectivity index (χ0n) is 103. The largest absolute Gasteiger partial charge is 0.340 e. The van der Waals surface area contributed by atoms with Gasteiger partial charge in [0.1, 0.15) is 0 Å². The van der Waals surface area contributed by atoms with Crippen LogP contribution in [0.25, 0.3) is 134 Å². The van der Waals surface area contributed by atoms with E-state index < -0.39 is 102 Å². The van der Waals surface area contributed by atoms with Crippen LogP contribution in [0.3, 0.4) is 0 Å². The van der Waals surface area contributed by atoms with Crippen LogP contribution in [-0.2, 0) is 80.4 Å². The van der Waals surface area contributed by atoms with Crippen molar-refractivity contribution in [1.82, 2.24) is 43.0 Å². The van der Waals surface area contributed by atoms with E-state index in [0.29, 0.717) is 84.3 Å². The molecule has 0 bridgehead atoms. The van der Waals surface area contributed by atoms with Crippen molar-refractivity contribution in [2.75, 3.05) is 0 Å². The second kappa shape index (κ2) is 44.8. The first-order valence-corrected chi connectivity index (χ1v) is 40.3. The summed E-state index contributed by atoms with van der Waals surface area (Å²) >= 11 is 0. The molecule has 0 N–H and O–H groups in total. The Morgan fingerprint density at radius 2 is 0.727 bits per heavy atom. The third-order valence-electron chi connectivity index (χ3n) is 21.1. The number of imidazole rings is 4. The van der Waals surface area contributed by atoms with Crippen molar-refractivity contribution >= 4 is 49.4 Å². The standard InChI is InChI=1S/C27H25N2.C27H27N2.2C25H25N2.C11H8N.4Ir/c1-17(2)19-13-9-14-20(18(3)4)26(19)25-16-28-27-23-12-6-5-10-21(23)22-11-7-8-15-24(22)29(25)27;1-19(2)24-17-23(21-11-7-5-8-12-21)18-25(20(3)4)26(24)29-16-15-28-27(29)22-13-9-6-10-14-22;2*1-17(2)20-13-10-14-21(18(3)4)24(20)27-23-16-9-8-15-22(23)26-25(27)19-11-6-5-7-12-19;1-2-6-10(7-3-1)11-8-4-5-9-12-11;;;;/h5-11,13-18H,1-4H3;5-13,15-20H,1-4H3;2*5-11,13-18H,1-4H3;1-6,8-9H;;;;/q5*-1;;;;/i1D3,2D3,17D,18D;1D3,3D3,19D,20D;2*1D3,3D3,17D,18D;;;;;. The number of fused-ring (bicyclic) bond motifs is 8. The molecule has 0 aliphatic heterocycles. The van der Waals surface area contributed by atoms with Gasteiger partial charge in [0, 0.05) is 177 Å². The summed E-state index contributed by atoms with van der Waals surface area (Å²) in [6, 6.07) is 105. The number of rotatable bonds is 17. The molecule has 0 aliphatic carbocycles. The van der Waals surface area contributed by atoms with Gasteiger partial charge in [0.2, 0.25) is 0 Å². The summed E-state index contributed by atoms with van der Waals surface area (Å²) in [7, 11) is 0. The molecule has 4 radical (unpaired) electrons. The third-order valence-corrected chi connectivity index (χ3v) is 21.1. The van der Waals surface area contributed by atoms with Gasteiger partial charge >= 0.3 is 0 Å². The second-order valence-corrected chi connectivity index (χ2v) is 29.8. The van der Waals surface area contributed by atoms with Crippen LogP contribution in [0, 0.1) is 30.3 Å². The van der Waals surface area contributed by atoms with Gasteiger partial charge in [-0.15, -0.1) is 173 Å². The van der Waals surface area contributed by atoms with E-state index in [-0.39, 0.29) is 142 Å². The molecular formula is C115H110Ir4N9-5. The molecule has 19 aromatic rings. The van der Waals surface area contributed by atoms with Crippen LogP contribution in [0.15, 0.2) is 328 Å². The minimum Gasteiger partial charge on any atom is -0.340 e. The van der Waals surface area contributed by atoms with Gasteiger partial charge in [0.15, 0.2) is 0 Å². The van der Waals surface area contributed by atoms with Crippen molar-refractivity contribution < 1.29 is 124 Å². The van der Waals surface area contributed by atoms with Crippen LogP contribution < -0.4 is 0 Å². The molecule has 656 valence electrons. The minimum atomic E-state index is -3.18. The number of benzene rings is 13. The molecule has 6 aromatic heterocycles. The summed E-state index contributed by atoms with van der Waals surface area (Å²) in [5, 5.41) is 2.60. The third kappa shape index (κ3) is 21.1. The van der Waals surface area contributed by atoms with Gasteiger partial charge in [-0.25, -0.2) is 0 Å². The van der Waals surface area contributed by atoms with Gasteiger partial charge in [-0.3, -0.25) is 19.9 Å². The first kappa shape index (κ1) is 62.2. The van der Waals surface area contributed by atoms with Crippen LogP contribution in [-0.4, -0.2) is 43.0 Å². The van der Waals surface area contributed by atoms with E-state index >= 15 is 0 Å². The molecule has 19 rings (SSSR count). The molecule has 6 unspecified atom stereocenters. The maximum absolute atomic E-state index is 9.05. The number of nitrogens with zero attached hydrogens (tertiary/aromatic N) is 9. The number of para-hydroxylation sites is 7. The molecule has 0 aliphatic rings. The maximum Gasteiger partial charge on any atom is 0.0774 e. The van der Waals surface area contributed by atoms with Gasteiger partial charge in [-0.05, 0) is 162 Å². The van der Waals surface area contributed by atoms with Gasteiger partial charge in [0.25, 0.3) is 0 Å². The van der Waals surface area contributed by atoms with Crippen molar-refractivity contribution in [2.24, 2.45) is 0 Å².